The molecule has 0 bridgehead atoms. The second kappa shape index (κ2) is 9.58. The van der Waals surface area contributed by atoms with Gasteiger partial charge in [0.1, 0.15) is 0 Å². The van der Waals surface area contributed by atoms with E-state index in [1.807, 2.05) is 0 Å². The Hall–Kier alpha value is 0.700. The number of thioether (sulfide) groups is 1. The first-order valence-corrected chi connectivity index (χ1v) is 9.49. The van der Waals surface area contributed by atoms with Crippen LogP contribution < -0.4 is 0 Å². The van der Waals surface area contributed by atoms with Crippen LogP contribution in [0.5, 0.6) is 0 Å². The third-order valence-corrected chi connectivity index (χ3v) is 6.27. The summed E-state index contributed by atoms with van der Waals surface area (Å²) in [5.41, 5.74) is 0. The Morgan fingerprint density at radius 1 is 1.17 bits per heavy atom. The fourth-order valence-electron chi connectivity index (χ4n) is 2.99. The molecule has 0 saturated heterocycles. The summed E-state index contributed by atoms with van der Waals surface area (Å²) in [5.74, 6) is 3.20. The summed E-state index contributed by atoms with van der Waals surface area (Å²) in [4.78, 5) is 0. The number of thiol groups is 1. The molecule has 1 fully saturated rings. The van der Waals surface area contributed by atoms with Crippen molar-refractivity contribution in [2.45, 2.75) is 82.6 Å². The Morgan fingerprint density at radius 2 is 1.83 bits per heavy atom. The second-order valence-corrected chi connectivity index (χ2v) is 8.41. The molecule has 1 aliphatic rings. The van der Waals surface area contributed by atoms with E-state index < -0.39 is 0 Å². The molecule has 0 heterocycles. The molecule has 0 N–H and O–H groups in total. The molecule has 1 saturated carbocycles. The summed E-state index contributed by atoms with van der Waals surface area (Å²) in [6.45, 7) is 6.96. The van der Waals surface area contributed by atoms with Crippen molar-refractivity contribution in [3.05, 3.63) is 0 Å². The average molecular weight is 289 g/mol. The molecule has 2 atom stereocenters. The summed E-state index contributed by atoms with van der Waals surface area (Å²) in [6.07, 6.45) is 11.3. The molecule has 0 nitrogen and oxygen atoms in total. The maximum atomic E-state index is 4.63. The molecule has 0 spiro atoms. The Labute approximate surface area is 124 Å². The second-order valence-electron chi connectivity index (χ2n) is 6.18. The molecule has 0 amide bonds. The van der Waals surface area contributed by atoms with Gasteiger partial charge in [-0.1, -0.05) is 27.2 Å². The molecule has 18 heavy (non-hydrogen) atoms. The van der Waals surface area contributed by atoms with Gasteiger partial charge in [-0.2, -0.15) is 24.4 Å². The van der Waals surface area contributed by atoms with Crippen LogP contribution in [-0.2, 0) is 0 Å². The highest BCUT2D eigenvalue weighted by Gasteiger charge is 2.18. The molecule has 0 aliphatic heterocycles. The van der Waals surface area contributed by atoms with Crippen molar-refractivity contribution < 1.29 is 0 Å². The molecule has 1 aliphatic carbocycles. The van der Waals surface area contributed by atoms with E-state index in [1.54, 1.807) is 0 Å². The molecule has 0 aromatic carbocycles. The molecular formula is C16H32S2. The van der Waals surface area contributed by atoms with Crippen molar-refractivity contribution in [1.29, 1.82) is 0 Å². The zero-order valence-corrected chi connectivity index (χ0v) is 14.2. The van der Waals surface area contributed by atoms with Crippen molar-refractivity contribution in [2.24, 2.45) is 11.8 Å². The van der Waals surface area contributed by atoms with Crippen LogP contribution in [0.2, 0.25) is 0 Å². The van der Waals surface area contributed by atoms with E-state index >= 15 is 0 Å². The average Bonchev–Trinajstić information content (AvgIpc) is 2.35. The van der Waals surface area contributed by atoms with Crippen molar-refractivity contribution in [1.82, 2.24) is 0 Å². The van der Waals surface area contributed by atoms with Gasteiger partial charge in [0.05, 0.1) is 0 Å². The van der Waals surface area contributed by atoms with Crippen molar-refractivity contribution in [2.75, 3.05) is 5.75 Å². The smallest absolute Gasteiger partial charge is 0.00472 e. The minimum absolute atomic E-state index is 0.575. The fraction of sp³-hybridized carbons (Fsp3) is 1.00. The standard InChI is InChI=1S/C16H32S2/c1-4-6-15(14(3)17)7-5-12-18-16-10-8-13(2)9-11-16/h13-17H,4-12H2,1-3H3. The van der Waals surface area contributed by atoms with Crippen LogP contribution in [0.15, 0.2) is 0 Å². The van der Waals surface area contributed by atoms with Gasteiger partial charge in [-0.05, 0) is 62.5 Å². The lowest BCUT2D eigenvalue weighted by atomic mass is 9.91. The van der Waals surface area contributed by atoms with Gasteiger partial charge in [-0.3, -0.25) is 0 Å². The maximum absolute atomic E-state index is 4.63. The van der Waals surface area contributed by atoms with Crippen LogP contribution in [0.4, 0.5) is 0 Å². The van der Waals surface area contributed by atoms with Gasteiger partial charge in [0, 0.05) is 10.5 Å². The van der Waals surface area contributed by atoms with Crippen molar-refractivity contribution >= 4 is 24.4 Å². The lowest BCUT2D eigenvalue weighted by molar-refractivity contribution is 0.393. The lowest BCUT2D eigenvalue weighted by Crippen LogP contribution is -2.15. The van der Waals surface area contributed by atoms with Gasteiger partial charge < -0.3 is 0 Å². The molecule has 0 radical (unpaired) electrons. The SMILES string of the molecule is CCCC(CCCSC1CCC(C)CC1)C(C)S. The van der Waals surface area contributed by atoms with Gasteiger partial charge in [-0.25, -0.2) is 0 Å². The zero-order chi connectivity index (χ0) is 13.4. The minimum Gasteiger partial charge on any atom is -0.176 e. The maximum Gasteiger partial charge on any atom is 0.00472 e. The molecule has 2 heteroatoms. The predicted molar refractivity (Wildman–Crippen MR) is 90.0 cm³/mol. The van der Waals surface area contributed by atoms with Gasteiger partial charge in [0.2, 0.25) is 0 Å². The van der Waals surface area contributed by atoms with Gasteiger partial charge >= 0.3 is 0 Å². The van der Waals surface area contributed by atoms with E-state index in [4.69, 9.17) is 0 Å². The van der Waals surface area contributed by atoms with Crippen LogP contribution in [0.3, 0.4) is 0 Å². The van der Waals surface area contributed by atoms with E-state index in [0.717, 1.165) is 17.1 Å². The quantitative estimate of drug-likeness (QED) is 0.434. The first kappa shape index (κ1) is 16.8. The molecule has 0 aromatic rings. The molecule has 0 aromatic heterocycles. The highest BCUT2D eigenvalue weighted by Crippen LogP contribution is 2.32. The number of hydrogen-bond acceptors (Lipinski definition) is 2. The monoisotopic (exact) mass is 288 g/mol. The highest BCUT2D eigenvalue weighted by molar-refractivity contribution is 7.99. The minimum atomic E-state index is 0.575. The molecule has 108 valence electrons. The van der Waals surface area contributed by atoms with Gasteiger partial charge in [0.15, 0.2) is 0 Å². The molecular weight excluding hydrogens is 256 g/mol. The Morgan fingerprint density at radius 3 is 2.39 bits per heavy atom. The summed E-state index contributed by atoms with van der Waals surface area (Å²) in [6, 6.07) is 0. The topological polar surface area (TPSA) is 0 Å². The third-order valence-electron chi connectivity index (χ3n) is 4.38. The third kappa shape index (κ3) is 6.75. The summed E-state index contributed by atoms with van der Waals surface area (Å²) < 4.78 is 0. The van der Waals surface area contributed by atoms with Crippen molar-refractivity contribution in [3.8, 4) is 0 Å². The summed E-state index contributed by atoms with van der Waals surface area (Å²) >= 11 is 6.88. The van der Waals surface area contributed by atoms with Crippen LogP contribution in [0, 0.1) is 11.8 Å². The first-order valence-electron chi connectivity index (χ1n) is 7.93. The highest BCUT2D eigenvalue weighted by atomic mass is 32.2. The lowest BCUT2D eigenvalue weighted by Gasteiger charge is -2.26. The van der Waals surface area contributed by atoms with Crippen LogP contribution in [-0.4, -0.2) is 16.3 Å². The van der Waals surface area contributed by atoms with E-state index in [1.165, 1.54) is 57.1 Å². The van der Waals surface area contributed by atoms with Gasteiger partial charge in [-0.15, -0.1) is 0 Å². The van der Waals surface area contributed by atoms with E-state index in [9.17, 15) is 0 Å². The van der Waals surface area contributed by atoms with Crippen molar-refractivity contribution in [3.63, 3.8) is 0 Å². The van der Waals surface area contributed by atoms with Crippen LogP contribution >= 0.6 is 24.4 Å². The van der Waals surface area contributed by atoms with E-state index in [0.29, 0.717) is 5.25 Å². The number of hydrogen-bond donors (Lipinski definition) is 1. The zero-order valence-electron chi connectivity index (χ0n) is 12.5. The summed E-state index contributed by atoms with van der Waals surface area (Å²) in [7, 11) is 0. The summed E-state index contributed by atoms with van der Waals surface area (Å²) in [5, 5.41) is 1.55. The Bertz CT molecular complexity index is 195. The van der Waals surface area contributed by atoms with E-state index in [2.05, 4.69) is 45.2 Å². The molecule has 1 rings (SSSR count). The van der Waals surface area contributed by atoms with E-state index in [-0.39, 0.29) is 0 Å². The molecule has 2 unspecified atom stereocenters. The van der Waals surface area contributed by atoms with Gasteiger partial charge in [0.25, 0.3) is 0 Å². The number of rotatable bonds is 8. The fourth-order valence-corrected chi connectivity index (χ4v) is 4.56. The largest absolute Gasteiger partial charge is 0.176 e. The normalized spacial score (nSPS) is 28.0. The Balaban J connectivity index is 2.06. The first-order chi connectivity index (χ1) is 8.63. The van der Waals surface area contributed by atoms with Crippen LogP contribution in [0.25, 0.3) is 0 Å². The predicted octanol–water partition coefficient (Wildman–Crippen LogP) is 5.81. The van der Waals surface area contributed by atoms with Crippen LogP contribution in [0.1, 0.15) is 72.1 Å². The Kier molecular flexibility index (Phi) is 8.92.